The fourth-order valence-electron chi connectivity index (χ4n) is 4.66. The summed E-state index contributed by atoms with van der Waals surface area (Å²) in [6.07, 6.45) is 5.53. The van der Waals surface area contributed by atoms with Gasteiger partial charge in [-0.2, -0.15) is 0 Å². The van der Waals surface area contributed by atoms with Crippen LogP contribution in [0.15, 0.2) is 24.3 Å². The van der Waals surface area contributed by atoms with E-state index < -0.39 is 0 Å². The molecule has 1 aromatic carbocycles. The van der Waals surface area contributed by atoms with Crippen LogP contribution in [0, 0.1) is 17.8 Å². The molecule has 138 valence electrons. The summed E-state index contributed by atoms with van der Waals surface area (Å²) in [7, 11) is 4.04. The molecule has 0 heterocycles. The minimum Gasteiger partial charge on any atom is -0.354 e. The van der Waals surface area contributed by atoms with Crippen molar-refractivity contribution in [2.75, 3.05) is 20.6 Å². The van der Waals surface area contributed by atoms with Crippen LogP contribution in [0.25, 0.3) is 0 Å². The summed E-state index contributed by atoms with van der Waals surface area (Å²) >= 11 is 6.35. The van der Waals surface area contributed by atoms with Gasteiger partial charge in [0.1, 0.15) is 0 Å². The van der Waals surface area contributed by atoms with Crippen LogP contribution in [-0.4, -0.2) is 37.5 Å². The molecule has 2 bridgehead atoms. The normalized spacial score (nSPS) is 30.1. The van der Waals surface area contributed by atoms with E-state index in [1.54, 1.807) is 0 Å². The maximum Gasteiger partial charge on any atom is 0.223 e. The minimum absolute atomic E-state index is 0.0722. The Morgan fingerprint density at radius 3 is 2.52 bits per heavy atom. The third-order valence-corrected chi connectivity index (χ3v) is 6.49. The molecule has 25 heavy (non-hydrogen) atoms. The van der Waals surface area contributed by atoms with Crippen molar-refractivity contribution in [1.29, 1.82) is 0 Å². The van der Waals surface area contributed by atoms with E-state index in [-0.39, 0.29) is 17.9 Å². The second-order valence-electron chi connectivity index (χ2n) is 7.94. The van der Waals surface area contributed by atoms with Crippen molar-refractivity contribution in [1.82, 2.24) is 10.2 Å². The molecule has 1 amide bonds. The third-order valence-electron chi connectivity index (χ3n) is 6.14. The maximum absolute atomic E-state index is 12.8. The van der Waals surface area contributed by atoms with Crippen LogP contribution < -0.4 is 11.1 Å². The van der Waals surface area contributed by atoms with Crippen LogP contribution in [0.4, 0.5) is 0 Å². The SMILES string of the molecule is CN(C)C(CNC(=O)C1CC2CCCC(C1)C2N)c1ccccc1Cl. The smallest absolute Gasteiger partial charge is 0.223 e. The summed E-state index contributed by atoms with van der Waals surface area (Å²) in [5, 5.41) is 3.93. The van der Waals surface area contributed by atoms with E-state index in [9.17, 15) is 4.79 Å². The summed E-state index contributed by atoms with van der Waals surface area (Å²) in [5.41, 5.74) is 7.40. The molecule has 0 spiro atoms. The van der Waals surface area contributed by atoms with E-state index in [1.165, 1.54) is 19.3 Å². The molecule has 2 aliphatic rings. The van der Waals surface area contributed by atoms with Crippen LogP contribution in [0.2, 0.25) is 5.02 Å². The van der Waals surface area contributed by atoms with Crippen LogP contribution >= 0.6 is 11.6 Å². The average Bonchev–Trinajstić information content (AvgIpc) is 2.56. The van der Waals surface area contributed by atoms with Crippen molar-refractivity contribution in [2.45, 2.75) is 44.2 Å². The third kappa shape index (κ3) is 4.18. The molecule has 0 aromatic heterocycles. The highest BCUT2D eigenvalue weighted by Crippen LogP contribution is 2.42. The number of nitrogens with zero attached hydrogens (tertiary/aromatic N) is 1. The van der Waals surface area contributed by atoms with Crippen molar-refractivity contribution in [3.05, 3.63) is 34.9 Å². The predicted octanol–water partition coefficient (Wildman–Crippen LogP) is 3.21. The van der Waals surface area contributed by atoms with Crippen molar-refractivity contribution < 1.29 is 4.79 Å². The largest absolute Gasteiger partial charge is 0.354 e. The number of carbonyl (C=O) groups is 1. The van der Waals surface area contributed by atoms with Gasteiger partial charge < -0.3 is 16.0 Å². The number of nitrogens with two attached hydrogens (primary N) is 1. The fourth-order valence-corrected chi connectivity index (χ4v) is 4.92. The van der Waals surface area contributed by atoms with Crippen molar-refractivity contribution in [3.63, 3.8) is 0 Å². The Hall–Kier alpha value is -1.10. The van der Waals surface area contributed by atoms with Gasteiger partial charge in [0.2, 0.25) is 5.91 Å². The van der Waals surface area contributed by atoms with Gasteiger partial charge in [0.25, 0.3) is 0 Å². The number of hydrogen-bond acceptors (Lipinski definition) is 3. The zero-order chi connectivity index (χ0) is 18.0. The van der Waals surface area contributed by atoms with Crippen molar-refractivity contribution in [3.8, 4) is 0 Å². The Morgan fingerprint density at radius 1 is 1.28 bits per heavy atom. The Kier molecular flexibility index (Phi) is 6.03. The van der Waals surface area contributed by atoms with Gasteiger partial charge in [-0.1, -0.05) is 36.2 Å². The molecule has 4 nitrogen and oxygen atoms in total. The van der Waals surface area contributed by atoms with Crippen LogP contribution in [-0.2, 0) is 4.79 Å². The predicted molar refractivity (Wildman–Crippen MR) is 102 cm³/mol. The highest BCUT2D eigenvalue weighted by molar-refractivity contribution is 6.31. The lowest BCUT2D eigenvalue weighted by molar-refractivity contribution is -0.128. The summed E-state index contributed by atoms with van der Waals surface area (Å²) in [6.45, 7) is 0.577. The first-order valence-electron chi connectivity index (χ1n) is 9.41. The summed E-state index contributed by atoms with van der Waals surface area (Å²) < 4.78 is 0. The van der Waals surface area contributed by atoms with Crippen LogP contribution in [0.3, 0.4) is 0 Å². The zero-order valence-corrected chi connectivity index (χ0v) is 16.0. The first-order valence-corrected chi connectivity index (χ1v) is 9.79. The molecule has 0 aliphatic heterocycles. The second-order valence-corrected chi connectivity index (χ2v) is 8.35. The number of carbonyl (C=O) groups excluding carboxylic acids is 1. The zero-order valence-electron chi connectivity index (χ0n) is 15.2. The molecule has 3 N–H and O–H groups in total. The summed E-state index contributed by atoms with van der Waals surface area (Å²) in [4.78, 5) is 14.9. The monoisotopic (exact) mass is 363 g/mol. The van der Waals surface area contributed by atoms with E-state index in [0.29, 0.717) is 24.4 Å². The van der Waals surface area contributed by atoms with Crippen molar-refractivity contribution in [2.24, 2.45) is 23.5 Å². The Bertz CT molecular complexity index is 592. The first-order chi connectivity index (χ1) is 12.0. The van der Waals surface area contributed by atoms with Gasteiger partial charge in [-0.05, 0) is 63.2 Å². The van der Waals surface area contributed by atoms with E-state index in [1.807, 2.05) is 38.4 Å². The van der Waals surface area contributed by atoms with Gasteiger partial charge in [-0.3, -0.25) is 4.79 Å². The molecule has 5 heteroatoms. The molecular formula is C20H30ClN3O. The summed E-state index contributed by atoms with van der Waals surface area (Å²) in [6, 6.07) is 8.23. The molecule has 3 unspecified atom stereocenters. The molecule has 0 radical (unpaired) electrons. The lowest BCUT2D eigenvalue weighted by atomic mass is 9.65. The Balaban J connectivity index is 1.62. The number of likely N-dealkylation sites (N-methyl/N-ethyl adjacent to an activating group) is 1. The highest BCUT2D eigenvalue weighted by atomic mass is 35.5. The first kappa shape index (κ1) is 18.7. The van der Waals surface area contributed by atoms with Crippen LogP contribution in [0.5, 0.6) is 0 Å². The molecule has 2 aliphatic carbocycles. The van der Waals surface area contributed by atoms with Gasteiger partial charge in [-0.15, -0.1) is 0 Å². The van der Waals surface area contributed by atoms with E-state index in [4.69, 9.17) is 17.3 Å². The van der Waals surface area contributed by atoms with Gasteiger partial charge >= 0.3 is 0 Å². The number of hydrogen-bond donors (Lipinski definition) is 2. The standard InChI is InChI=1S/C20H30ClN3O/c1-24(2)18(16-8-3-4-9-17(16)21)12-23-20(25)15-10-13-6-5-7-14(11-15)19(13)22/h3-4,8-9,13-15,18-19H,5-7,10-12,22H2,1-2H3,(H,23,25). The van der Waals surface area contributed by atoms with Gasteiger partial charge in [-0.25, -0.2) is 0 Å². The lowest BCUT2D eigenvalue weighted by Gasteiger charge is -2.43. The molecule has 2 fully saturated rings. The summed E-state index contributed by atoms with van der Waals surface area (Å²) in [5.74, 6) is 1.35. The fraction of sp³-hybridized carbons (Fsp3) is 0.650. The molecule has 3 rings (SSSR count). The molecule has 1 aromatic rings. The topological polar surface area (TPSA) is 58.4 Å². The second kappa shape index (κ2) is 8.07. The quantitative estimate of drug-likeness (QED) is 0.844. The lowest BCUT2D eigenvalue weighted by Crippen LogP contribution is -2.49. The Labute approximate surface area is 156 Å². The number of amides is 1. The minimum atomic E-state index is 0.0722. The number of halogens is 1. The molecule has 2 saturated carbocycles. The molecule has 0 saturated heterocycles. The number of rotatable bonds is 5. The number of benzene rings is 1. The van der Waals surface area contributed by atoms with Gasteiger partial charge in [0, 0.05) is 23.5 Å². The van der Waals surface area contributed by atoms with E-state index in [0.717, 1.165) is 23.4 Å². The molecule has 3 atom stereocenters. The maximum atomic E-state index is 12.8. The average molecular weight is 364 g/mol. The van der Waals surface area contributed by atoms with Crippen molar-refractivity contribution >= 4 is 17.5 Å². The molecular weight excluding hydrogens is 334 g/mol. The van der Waals surface area contributed by atoms with E-state index in [2.05, 4.69) is 10.2 Å². The van der Waals surface area contributed by atoms with Gasteiger partial charge in [0.05, 0.1) is 6.04 Å². The van der Waals surface area contributed by atoms with Crippen LogP contribution in [0.1, 0.15) is 43.7 Å². The highest BCUT2D eigenvalue weighted by Gasteiger charge is 2.40. The number of nitrogens with one attached hydrogen (secondary N) is 1. The number of fused-ring (bicyclic) bond motifs is 2. The Morgan fingerprint density at radius 2 is 1.92 bits per heavy atom. The van der Waals surface area contributed by atoms with Gasteiger partial charge in [0.15, 0.2) is 0 Å². The van der Waals surface area contributed by atoms with E-state index >= 15 is 0 Å².